The maximum Gasteiger partial charge on any atom is 1.00 e. The Labute approximate surface area is 91.8 Å². The quantitative estimate of drug-likeness (QED) is 0.296. The molecule has 0 N–H and O–H groups in total. The van der Waals surface area contributed by atoms with Gasteiger partial charge in [0.2, 0.25) is 0 Å². The Morgan fingerprint density at radius 3 is 2.23 bits per heavy atom. The minimum atomic E-state index is -0.363. The third kappa shape index (κ3) is 1.74. The van der Waals surface area contributed by atoms with Gasteiger partial charge in [-0.3, -0.25) is 6.08 Å². The fourth-order valence-corrected chi connectivity index (χ4v) is 2.35. The molecule has 0 aromatic heterocycles. The molecule has 0 unspecified atom stereocenters. The summed E-state index contributed by atoms with van der Waals surface area (Å²) in [5.41, 5.74) is 0. The zero-order valence-corrected chi connectivity index (χ0v) is 8.67. The van der Waals surface area contributed by atoms with Gasteiger partial charge in [0.25, 0.3) is 0 Å². The summed E-state index contributed by atoms with van der Waals surface area (Å²) in [4.78, 5) is 0. The molecule has 0 heterocycles. The second-order valence-corrected chi connectivity index (χ2v) is 3.65. The van der Waals surface area contributed by atoms with Gasteiger partial charge in [-0.1, -0.05) is 18.8 Å². The van der Waals surface area contributed by atoms with Crippen molar-refractivity contribution in [3.05, 3.63) is 12.2 Å². The van der Waals surface area contributed by atoms with Crippen molar-refractivity contribution >= 4 is 0 Å². The zero-order valence-electron chi connectivity index (χ0n) is 8.67. The minimum absolute atomic E-state index is 0. The molecule has 0 amide bonds. The van der Waals surface area contributed by atoms with Gasteiger partial charge in [0.15, 0.2) is 0 Å². The van der Waals surface area contributed by atoms with E-state index in [0.29, 0.717) is 11.8 Å². The van der Waals surface area contributed by atoms with Crippen LogP contribution in [0.5, 0.6) is 0 Å². The van der Waals surface area contributed by atoms with Crippen molar-refractivity contribution in [3.63, 3.8) is 0 Å². The van der Waals surface area contributed by atoms with Crippen LogP contribution in [0.1, 0.15) is 19.3 Å². The number of hydrogen-bond donors (Lipinski definition) is 0. The normalized spacial score (nSPS) is 34.3. The molecule has 2 nitrogen and oxygen atoms in total. The smallest absolute Gasteiger partial charge is 0.492 e. The van der Waals surface area contributed by atoms with Gasteiger partial charge in [0, 0.05) is 20.6 Å². The largest absolute Gasteiger partial charge is 1.00 e. The summed E-state index contributed by atoms with van der Waals surface area (Å²) in [6.45, 7) is 0. The molecule has 0 spiro atoms. The molecule has 3 heteroatoms. The monoisotopic (exact) mass is 174 g/mol. The van der Waals surface area contributed by atoms with Crippen LogP contribution >= 0.6 is 0 Å². The SMILES string of the molecule is COC1(OC)C[C@H]2C=[C-][C@@H]1CC2.[Li+]. The molecule has 68 valence electrons. The van der Waals surface area contributed by atoms with E-state index in [1.165, 1.54) is 6.42 Å². The zero-order chi connectivity index (χ0) is 8.60. The molecule has 13 heavy (non-hydrogen) atoms. The standard InChI is InChI=1S/C10H15O2.Li/c1-11-10(12-2)7-8-3-5-9(10)6-4-8;/h3,8-9H,4,6-7H2,1-2H3;/q-1;+1/t8-,9+;/m0./s1. The van der Waals surface area contributed by atoms with Crippen molar-refractivity contribution < 1.29 is 28.3 Å². The Morgan fingerprint density at radius 2 is 2.00 bits per heavy atom. The molecule has 0 aromatic rings. The molecule has 0 saturated heterocycles. The summed E-state index contributed by atoms with van der Waals surface area (Å²) in [6, 6.07) is 0. The van der Waals surface area contributed by atoms with E-state index in [1.54, 1.807) is 14.2 Å². The van der Waals surface area contributed by atoms with Crippen molar-refractivity contribution in [3.8, 4) is 0 Å². The van der Waals surface area contributed by atoms with Crippen LogP contribution in [0.3, 0.4) is 0 Å². The summed E-state index contributed by atoms with van der Waals surface area (Å²) in [5, 5.41) is 0. The minimum Gasteiger partial charge on any atom is -0.492 e. The second kappa shape index (κ2) is 4.19. The molecule has 0 aliphatic heterocycles. The van der Waals surface area contributed by atoms with Gasteiger partial charge in [-0.2, -0.15) is 0 Å². The molecule has 2 atom stereocenters. The van der Waals surface area contributed by atoms with Gasteiger partial charge in [-0.15, -0.1) is 5.92 Å². The average molecular weight is 174 g/mol. The molecular formula is C10H15LiO2. The maximum atomic E-state index is 5.46. The average Bonchev–Trinajstić information content (AvgIpc) is 2.19. The Balaban J connectivity index is 0.000000845. The van der Waals surface area contributed by atoms with Crippen LogP contribution in [0.4, 0.5) is 0 Å². The van der Waals surface area contributed by atoms with Crippen LogP contribution in [0.2, 0.25) is 0 Å². The van der Waals surface area contributed by atoms with Crippen LogP contribution < -0.4 is 18.9 Å². The fourth-order valence-electron chi connectivity index (χ4n) is 2.35. The van der Waals surface area contributed by atoms with Crippen molar-refractivity contribution in [1.82, 2.24) is 0 Å². The molecule has 1 fully saturated rings. The predicted molar refractivity (Wildman–Crippen MR) is 45.4 cm³/mol. The van der Waals surface area contributed by atoms with Gasteiger partial charge < -0.3 is 15.5 Å². The van der Waals surface area contributed by atoms with E-state index in [1.807, 2.05) is 0 Å². The molecule has 3 aliphatic rings. The first-order valence-electron chi connectivity index (χ1n) is 4.50. The third-order valence-electron chi connectivity index (χ3n) is 3.13. The number of ether oxygens (including phenoxy) is 2. The first-order valence-corrected chi connectivity index (χ1v) is 4.50. The van der Waals surface area contributed by atoms with Crippen molar-refractivity contribution in [1.29, 1.82) is 0 Å². The van der Waals surface area contributed by atoms with Gasteiger partial charge in [-0.05, 0) is 0 Å². The van der Waals surface area contributed by atoms with Crippen LogP contribution in [0.25, 0.3) is 0 Å². The number of rotatable bonds is 2. The summed E-state index contributed by atoms with van der Waals surface area (Å²) in [7, 11) is 3.46. The van der Waals surface area contributed by atoms with E-state index >= 15 is 0 Å². The van der Waals surface area contributed by atoms with E-state index in [0.717, 1.165) is 12.8 Å². The van der Waals surface area contributed by atoms with E-state index in [9.17, 15) is 0 Å². The van der Waals surface area contributed by atoms with Crippen LogP contribution in [-0.4, -0.2) is 20.0 Å². The van der Waals surface area contributed by atoms with Crippen molar-refractivity contribution in [2.45, 2.75) is 25.0 Å². The van der Waals surface area contributed by atoms with Crippen LogP contribution in [-0.2, 0) is 9.47 Å². The molecular weight excluding hydrogens is 159 g/mol. The van der Waals surface area contributed by atoms with E-state index in [4.69, 9.17) is 9.47 Å². The Morgan fingerprint density at radius 1 is 1.31 bits per heavy atom. The van der Waals surface area contributed by atoms with E-state index in [-0.39, 0.29) is 24.6 Å². The Kier molecular flexibility index (Phi) is 3.65. The summed E-state index contributed by atoms with van der Waals surface area (Å²) >= 11 is 0. The number of allylic oxidation sites excluding steroid dienone is 1. The predicted octanol–water partition coefficient (Wildman–Crippen LogP) is -1.23. The molecule has 3 rings (SSSR count). The van der Waals surface area contributed by atoms with E-state index in [2.05, 4.69) is 12.2 Å². The topological polar surface area (TPSA) is 18.5 Å². The number of methoxy groups -OCH3 is 2. The summed E-state index contributed by atoms with van der Waals surface area (Å²) in [5.74, 6) is 0.602. The number of fused-ring (bicyclic) bond motifs is 2. The van der Waals surface area contributed by atoms with Gasteiger partial charge in [0.05, 0.1) is 0 Å². The van der Waals surface area contributed by atoms with Crippen LogP contribution in [0, 0.1) is 17.9 Å². The fraction of sp³-hybridized carbons (Fsp3) is 0.800. The molecule has 2 bridgehead atoms. The van der Waals surface area contributed by atoms with Crippen molar-refractivity contribution in [2.75, 3.05) is 14.2 Å². The van der Waals surface area contributed by atoms with Crippen LogP contribution in [0.15, 0.2) is 6.08 Å². The van der Waals surface area contributed by atoms with Gasteiger partial charge in [-0.25, -0.2) is 0 Å². The molecule has 3 aliphatic carbocycles. The van der Waals surface area contributed by atoms with Crippen molar-refractivity contribution in [2.24, 2.45) is 11.8 Å². The Bertz CT molecular complexity index is 199. The first-order chi connectivity index (χ1) is 5.80. The second-order valence-electron chi connectivity index (χ2n) is 3.65. The number of hydrogen-bond acceptors (Lipinski definition) is 2. The Hall–Kier alpha value is 0.257. The van der Waals surface area contributed by atoms with Gasteiger partial charge >= 0.3 is 18.9 Å². The first kappa shape index (κ1) is 11.3. The molecule has 1 saturated carbocycles. The summed E-state index contributed by atoms with van der Waals surface area (Å²) < 4.78 is 10.9. The van der Waals surface area contributed by atoms with E-state index < -0.39 is 0 Å². The molecule has 0 aromatic carbocycles. The summed E-state index contributed by atoms with van der Waals surface area (Å²) in [6.07, 6.45) is 8.94. The van der Waals surface area contributed by atoms with Gasteiger partial charge in [0.1, 0.15) is 5.79 Å². The third-order valence-corrected chi connectivity index (χ3v) is 3.13. The molecule has 0 radical (unpaired) electrons. The maximum absolute atomic E-state index is 5.46.